The summed E-state index contributed by atoms with van der Waals surface area (Å²) in [6.07, 6.45) is 3.75. The van der Waals surface area contributed by atoms with E-state index in [1.54, 1.807) is 11.8 Å². The molecule has 0 fully saturated rings. The van der Waals surface area contributed by atoms with E-state index in [2.05, 4.69) is 63.0 Å². The normalized spacial score (nSPS) is 11.6. The fourth-order valence-electron chi connectivity index (χ4n) is 1.73. The van der Waals surface area contributed by atoms with Crippen molar-refractivity contribution in [2.75, 3.05) is 0 Å². The van der Waals surface area contributed by atoms with Crippen molar-refractivity contribution >= 4 is 11.8 Å². The summed E-state index contributed by atoms with van der Waals surface area (Å²) in [5, 5.41) is 0. The highest BCUT2D eigenvalue weighted by Gasteiger charge is 2.13. The number of pyridine rings is 1. The van der Waals surface area contributed by atoms with Crippen LogP contribution in [0.4, 0.5) is 0 Å². The van der Waals surface area contributed by atoms with Crippen LogP contribution in [0.5, 0.6) is 0 Å². The van der Waals surface area contributed by atoms with Gasteiger partial charge in [0.05, 0.1) is 0 Å². The van der Waals surface area contributed by atoms with Crippen molar-refractivity contribution in [3.63, 3.8) is 0 Å². The fourth-order valence-corrected chi connectivity index (χ4v) is 2.59. The molecule has 18 heavy (non-hydrogen) atoms. The molecule has 0 unspecified atom stereocenters. The van der Waals surface area contributed by atoms with Crippen LogP contribution in [-0.4, -0.2) is 4.98 Å². The Morgan fingerprint density at radius 3 is 2.22 bits per heavy atom. The minimum absolute atomic E-state index is 0.218. The zero-order valence-electron chi connectivity index (χ0n) is 11.4. The molecule has 1 aromatic heterocycles. The van der Waals surface area contributed by atoms with Crippen LogP contribution in [0.1, 0.15) is 31.9 Å². The molecule has 0 amide bonds. The highest BCUT2D eigenvalue weighted by molar-refractivity contribution is 7.99. The van der Waals surface area contributed by atoms with Gasteiger partial charge in [0, 0.05) is 22.2 Å². The van der Waals surface area contributed by atoms with Crippen LogP contribution < -0.4 is 0 Å². The maximum Gasteiger partial charge on any atom is 0.0308 e. The molecule has 0 saturated carbocycles. The molecule has 0 aliphatic rings. The monoisotopic (exact) mass is 257 g/mol. The number of hydrogen-bond acceptors (Lipinski definition) is 2. The lowest BCUT2D eigenvalue weighted by atomic mass is 9.87. The van der Waals surface area contributed by atoms with Crippen molar-refractivity contribution in [3.05, 3.63) is 53.9 Å². The van der Waals surface area contributed by atoms with Gasteiger partial charge >= 0.3 is 0 Å². The zero-order chi connectivity index (χ0) is 13.2. The molecule has 0 atom stereocenters. The highest BCUT2D eigenvalue weighted by atomic mass is 32.2. The summed E-state index contributed by atoms with van der Waals surface area (Å²) in [6.45, 7) is 8.81. The number of aromatic nitrogens is 1. The van der Waals surface area contributed by atoms with Crippen molar-refractivity contribution in [2.45, 2.75) is 42.9 Å². The maximum atomic E-state index is 4.12. The van der Waals surface area contributed by atoms with E-state index in [1.807, 2.05) is 12.4 Å². The van der Waals surface area contributed by atoms with E-state index >= 15 is 0 Å². The summed E-state index contributed by atoms with van der Waals surface area (Å²) < 4.78 is 0. The molecule has 0 spiro atoms. The van der Waals surface area contributed by atoms with Crippen molar-refractivity contribution < 1.29 is 0 Å². The van der Waals surface area contributed by atoms with Gasteiger partial charge in [0.2, 0.25) is 0 Å². The first-order chi connectivity index (χ1) is 8.47. The Morgan fingerprint density at radius 2 is 1.67 bits per heavy atom. The predicted molar refractivity (Wildman–Crippen MR) is 78.2 cm³/mol. The van der Waals surface area contributed by atoms with Gasteiger partial charge in [-0.3, -0.25) is 4.98 Å². The third kappa shape index (κ3) is 3.14. The van der Waals surface area contributed by atoms with Gasteiger partial charge in [-0.05, 0) is 41.7 Å². The number of nitrogens with zero attached hydrogens (tertiary/aromatic N) is 1. The van der Waals surface area contributed by atoms with Crippen molar-refractivity contribution in [1.29, 1.82) is 0 Å². The lowest BCUT2D eigenvalue weighted by molar-refractivity contribution is 0.590. The Morgan fingerprint density at radius 1 is 1.00 bits per heavy atom. The van der Waals surface area contributed by atoms with E-state index in [4.69, 9.17) is 0 Å². The molecular formula is C16H19NS. The fraction of sp³-hybridized carbons (Fsp3) is 0.312. The molecule has 1 aromatic carbocycles. The SMILES string of the molecule is Cc1cnccc1Sc1ccc(C(C)(C)C)cc1. The lowest BCUT2D eigenvalue weighted by Crippen LogP contribution is -2.10. The van der Waals surface area contributed by atoms with Gasteiger partial charge in [-0.25, -0.2) is 0 Å². The first kappa shape index (κ1) is 13.2. The van der Waals surface area contributed by atoms with Crippen LogP contribution in [0.25, 0.3) is 0 Å². The first-order valence-corrected chi connectivity index (χ1v) is 6.97. The molecule has 2 heteroatoms. The van der Waals surface area contributed by atoms with Gasteiger partial charge in [0.1, 0.15) is 0 Å². The third-order valence-corrected chi connectivity index (χ3v) is 4.10. The second-order valence-electron chi connectivity index (χ2n) is 5.52. The first-order valence-electron chi connectivity index (χ1n) is 6.16. The molecule has 0 saturated heterocycles. The van der Waals surface area contributed by atoms with Crippen LogP contribution in [0.15, 0.2) is 52.5 Å². The second kappa shape index (κ2) is 5.15. The Labute approximate surface area is 114 Å². The van der Waals surface area contributed by atoms with E-state index in [1.165, 1.54) is 20.9 Å². The zero-order valence-corrected chi connectivity index (χ0v) is 12.2. The Balaban J connectivity index is 2.19. The second-order valence-corrected chi connectivity index (χ2v) is 6.63. The van der Waals surface area contributed by atoms with E-state index in [0.29, 0.717) is 0 Å². The molecular weight excluding hydrogens is 238 g/mol. The van der Waals surface area contributed by atoms with Crippen LogP contribution >= 0.6 is 11.8 Å². The molecule has 0 radical (unpaired) electrons. The van der Waals surface area contributed by atoms with Crippen LogP contribution in [0.3, 0.4) is 0 Å². The summed E-state index contributed by atoms with van der Waals surface area (Å²) in [7, 11) is 0. The van der Waals surface area contributed by atoms with E-state index < -0.39 is 0 Å². The third-order valence-electron chi connectivity index (χ3n) is 2.92. The summed E-state index contributed by atoms with van der Waals surface area (Å²) in [6, 6.07) is 10.9. The van der Waals surface area contributed by atoms with Gasteiger partial charge in [-0.1, -0.05) is 44.7 Å². The quantitative estimate of drug-likeness (QED) is 0.763. The highest BCUT2D eigenvalue weighted by Crippen LogP contribution is 2.31. The molecule has 0 aliphatic heterocycles. The molecule has 0 bridgehead atoms. The average Bonchev–Trinajstić information content (AvgIpc) is 2.32. The molecule has 2 rings (SSSR count). The van der Waals surface area contributed by atoms with Gasteiger partial charge in [-0.15, -0.1) is 0 Å². The van der Waals surface area contributed by atoms with Gasteiger partial charge in [0.15, 0.2) is 0 Å². The predicted octanol–water partition coefficient (Wildman–Crippen LogP) is 4.84. The van der Waals surface area contributed by atoms with Gasteiger partial charge < -0.3 is 0 Å². The van der Waals surface area contributed by atoms with Crippen molar-refractivity contribution in [1.82, 2.24) is 4.98 Å². The molecule has 2 aromatic rings. The largest absolute Gasteiger partial charge is 0.264 e. The molecule has 1 heterocycles. The Bertz CT molecular complexity index is 524. The molecule has 94 valence electrons. The minimum Gasteiger partial charge on any atom is -0.264 e. The summed E-state index contributed by atoms with van der Waals surface area (Å²) in [4.78, 5) is 6.67. The molecule has 0 N–H and O–H groups in total. The minimum atomic E-state index is 0.218. The van der Waals surface area contributed by atoms with Crippen LogP contribution in [0, 0.1) is 6.92 Å². The van der Waals surface area contributed by atoms with E-state index in [0.717, 1.165) is 0 Å². The number of benzene rings is 1. The number of rotatable bonds is 2. The Kier molecular flexibility index (Phi) is 3.76. The van der Waals surface area contributed by atoms with Gasteiger partial charge in [0.25, 0.3) is 0 Å². The standard InChI is InChI=1S/C16H19NS/c1-12-11-17-10-9-15(12)18-14-7-5-13(6-8-14)16(2,3)4/h5-11H,1-4H3. The van der Waals surface area contributed by atoms with Crippen LogP contribution in [-0.2, 0) is 5.41 Å². The summed E-state index contributed by atoms with van der Waals surface area (Å²) in [5.74, 6) is 0. The molecule has 0 aliphatic carbocycles. The van der Waals surface area contributed by atoms with Crippen LogP contribution in [0.2, 0.25) is 0 Å². The number of hydrogen-bond donors (Lipinski definition) is 0. The summed E-state index contributed by atoms with van der Waals surface area (Å²) >= 11 is 1.79. The summed E-state index contributed by atoms with van der Waals surface area (Å²) in [5.41, 5.74) is 2.82. The van der Waals surface area contributed by atoms with E-state index in [-0.39, 0.29) is 5.41 Å². The maximum absolute atomic E-state index is 4.12. The van der Waals surface area contributed by atoms with E-state index in [9.17, 15) is 0 Å². The van der Waals surface area contributed by atoms with Gasteiger partial charge in [-0.2, -0.15) is 0 Å². The number of aryl methyl sites for hydroxylation is 1. The Hall–Kier alpha value is -1.28. The molecule has 1 nitrogen and oxygen atoms in total. The average molecular weight is 257 g/mol. The smallest absolute Gasteiger partial charge is 0.0308 e. The lowest BCUT2D eigenvalue weighted by Gasteiger charge is -2.19. The van der Waals surface area contributed by atoms with Crippen molar-refractivity contribution in [2.24, 2.45) is 0 Å². The topological polar surface area (TPSA) is 12.9 Å². The van der Waals surface area contributed by atoms with Crippen molar-refractivity contribution in [3.8, 4) is 0 Å².